The fraction of sp³-hybridized carbons (Fsp3) is 0.364. The van der Waals surface area contributed by atoms with E-state index >= 15 is 0 Å². The van der Waals surface area contributed by atoms with Crippen molar-refractivity contribution in [2.45, 2.75) is 26.3 Å². The van der Waals surface area contributed by atoms with Crippen LogP contribution in [0.15, 0.2) is 48.8 Å². The largest absolute Gasteiger partial charge is 0.492 e. The van der Waals surface area contributed by atoms with Crippen LogP contribution in [0.5, 0.6) is 5.75 Å². The predicted molar refractivity (Wildman–Crippen MR) is 112 cm³/mol. The van der Waals surface area contributed by atoms with Gasteiger partial charge in [0.1, 0.15) is 5.75 Å². The standard InChI is InChI=1S/C22H26N4O4/c1-2-30-19-6-4-3-5-18(19)26-15-17(13-21(26)28)22(29)24-12-9-20(27)25-14-16-7-10-23-11-8-16/h3-8,10-11,17H,2,9,12-15H2,1H3,(H,24,29)(H,25,27). The summed E-state index contributed by atoms with van der Waals surface area (Å²) in [6.45, 7) is 3.31. The molecule has 30 heavy (non-hydrogen) atoms. The summed E-state index contributed by atoms with van der Waals surface area (Å²) in [6, 6.07) is 11.0. The van der Waals surface area contributed by atoms with E-state index < -0.39 is 5.92 Å². The number of hydrogen-bond acceptors (Lipinski definition) is 5. The molecule has 1 unspecified atom stereocenters. The third kappa shape index (κ3) is 5.56. The van der Waals surface area contributed by atoms with Crippen molar-refractivity contribution in [3.05, 3.63) is 54.4 Å². The average Bonchev–Trinajstić information content (AvgIpc) is 3.15. The Kier molecular flexibility index (Phi) is 7.37. The smallest absolute Gasteiger partial charge is 0.227 e. The third-order valence-electron chi connectivity index (χ3n) is 4.84. The van der Waals surface area contributed by atoms with Gasteiger partial charge in [-0.25, -0.2) is 0 Å². The lowest BCUT2D eigenvalue weighted by Gasteiger charge is -2.20. The Morgan fingerprint density at radius 3 is 2.70 bits per heavy atom. The summed E-state index contributed by atoms with van der Waals surface area (Å²) >= 11 is 0. The van der Waals surface area contributed by atoms with E-state index in [0.717, 1.165) is 5.56 Å². The van der Waals surface area contributed by atoms with Crippen molar-refractivity contribution in [2.24, 2.45) is 5.92 Å². The quantitative estimate of drug-likeness (QED) is 0.655. The van der Waals surface area contributed by atoms with E-state index in [-0.39, 0.29) is 37.1 Å². The van der Waals surface area contributed by atoms with E-state index in [1.165, 1.54) is 0 Å². The van der Waals surface area contributed by atoms with Gasteiger partial charge < -0.3 is 20.3 Å². The number of amides is 3. The van der Waals surface area contributed by atoms with Crippen LogP contribution in [0.4, 0.5) is 5.69 Å². The second-order valence-corrected chi connectivity index (χ2v) is 6.98. The van der Waals surface area contributed by atoms with Crippen LogP contribution in [-0.4, -0.2) is 42.4 Å². The summed E-state index contributed by atoms with van der Waals surface area (Å²) in [4.78, 5) is 42.4. The highest BCUT2D eigenvalue weighted by Gasteiger charge is 2.36. The number of aromatic nitrogens is 1. The Bertz CT molecular complexity index is 888. The van der Waals surface area contributed by atoms with Gasteiger partial charge in [0.2, 0.25) is 17.7 Å². The lowest BCUT2D eigenvalue weighted by Crippen LogP contribution is -2.35. The second kappa shape index (κ2) is 10.4. The fourth-order valence-corrected chi connectivity index (χ4v) is 3.31. The zero-order valence-corrected chi connectivity index (χ0v) is 17.0. The van der Waals surface area contributed by atoms with Crippen LogP contribution in [-0.2, 0) is 20.9 Å². The van der Waals surface area contributed by atoms with Crippen molar-refractivity contribution >= 4 is 23.4 Å². The van der Waals surface area contributed by atoms with E-state index in [0.29, 0.717) is 31.1 Å². The number of ether oxygens (including phenoxy) is 1. The summed E-state index contributed by atoms with van der Waals surface area (Å²) in [6.07, 6.45) is 3.65. The van der Waals surface area contributed by atoms with E-state index in [9.17, 15) is 14.4 Å². The SMILES string of the molecule is CCOc1ccccc1N1CC(C(=O)NCCC(=O)NCc2ccncc2)CC1=O. The van der Waals surface area contributed by atoms with Gasteiger partial charge in [-0.2, -0.15) is 0 Å². The van der Waals surface area contributed by atoms with Gasteiger partial charge in [-0.3, -0.25) is 19.4 Å². The number of carbonyl (C=O) groups excluding carboxylic acids is 3. The minimum Gasteiger partial charge on any atom is -0.492 e. The van der Waals surface area contributed by atoms with Crippen LogP contribution in [0.25, 0.3) is 0 Å². The molecular weight excluding hydrogens is 384 g/mol. The normalized spacial score (nSPS) is 15.7. The van der Waals surface area contributed by atoms with Crippen LogP contribution >= 0.6 is 0 Å². The molecule has 1 aliphatic heterocycles. The molecule has 1 saturated heterocycles. The molecule has 2 heterocycles. The molecule has 1 atom stereocenters. The number of benzene rings is 1. The number of rotatable bonds is 9. The molecule has 0 radical (unpaired) electrons. The van der Waals surface area contributed by atoms with Crippen LogP contribution < -0.4 is 20.3 Å². The molecule has 2 aromatic rings. The molecule has 3 amide bonds. The number of hydrogen-bond donors (Lipinski definition) is 2. The molecule has 0 saturated carbocycles. The van der Waals surface area contributed by atoms with Crippen LogP contribution in [0.1, 0.15) is 25.3 Å². The van der Waals surface area contributed by atoms with Crippen LogP contribution in [0, 0.1) is 5.92 Å². The maximum absolute atomic E-state index is 12.5. The predicted octanol–water partition coefficient (Wildman–Crippen LogP) is 1.66. The maximum Gasteiger partial charge on any atom is 0.227 e. The maximum atomic E-state index is 12.5. The molecule has 0 aliphatic carbocycles. The molecule has 8 heteroatoms. The van der Waals surface area contributed by atoms with Crippen LogP contribution in [0.2, 0.25) is 0 Å². The molecule has 8 nitrogen and oxygen atoms in total. The van der Waals surface area contributed by atoms with Gasteiger partial charge in [-0.05, 0) is 36.8 Å². The van der Waals surface area contributed by atoms with Gasteiger partial charge in [-0.15, -0.1) is 0 Å². The molecule has 3 rings (SSSR count). The monoisotopic (exact) mass is 410 g/mol. The first-order valence-electron chi connectivity index (χ1n) is 10.0. The second-order valence-electron chi connectivity index (χ2n) is 6.98. The van der Waals surface area contributed by atoms with Gasteiger partial charge in [0.05, 0.1) is 18.2 Å². The molecule has 158 valence electrons. The summed E-state index contributed by atoms with van der Waals surface area (Å²) in [5.41, 5.74) is 1.63. The lowest BCUT2D eigenvalue weighted by atomic mass is 10.1. The van der Waals surface area contributed by atoms with Crippen molar-refractivity contribution in [1.82, 2.24) is 15.6 Å². The summed E-state index contributed by atoms with van der Waals surface area (Å²) in [5.74, 6) is -0.312. The molecule has 0 spiro atoms. The molecule has 2 N–H and O–H groups in total. The Balaban J connectivity index is 1.45. The molecule has 1 aliphatic rings. The Hall–Kier alpha value is -3.42. The van der Waals surface area contributed by atoms with Gasteiger partial charge in [-0.1, -0.05) is 12.1 Å². The highest BCUT2D eigenvalue weighted by molar-refractivity contribution is 6.01. The fourth-order valence-electron chi connectivity index (χ4n) is 3.31. The minimum atomic E-state index is -0.452. The topological polar surface area (TPSA) is 101 Å². The van der Waals surface area contributed by atoms with E-state index in [1.807, 2.05) is 43.3 Å². The molecule has 1 fully saturated rings. The van der Waals surface area contributed by atoms with E-state index in [1.54, 1.807) is 17.3 Å². The molecular formula is C22H26N4O4. The number of para-hydroxylation sites is 2. The summed E-state index contributed by atoms with van der Waals surface area (Å²) in [5, 5.41) is 5.57. The van der Waals surface area contributed by atoms with E-state index in [4.69, 9.17) is 4.74 Å². The number of carbonyl (C=O) groups is 3. The first kappa shape index (κ1) is 21.3. The van der Waals surface area contributed by atoms with Gasteiger partial charge in [0.25, 0.3) is 0 Å². The molecule has 1 aromatic heterocycles. The zero-order valence-electron chi connectivity index (χ0n) is 17.0. The summed E-state index contributed by atoms with van der Waals surface area (Å²) in [7, 11) is 0. The number of pyridine rings is 1. The highest BCUT2D eigenvalue weighted by Crippen LogP contribution is 2.33. The lowest BCUT2D eigenvalue weighted by molar-refractivity contribution is -0.126. The minimum absolute atomic E-state index is 0.114. The van der Waals surface area contributed by atoms with Crippen molar-refractivity contribution < 1.29 is 19.1 Å². The zero-order chi connectivity index (χ0) is 21.3. The molecule has 1 aromatic carbocycles. The Morgan fingerprint density at radius 2 is 1.93 bits per heavy atom. The van der Waals surface area contributed by atoms with Crippen molar-refractivity contribution in [3.63, 3.8) is 0 Å². The van der Waals surface area contributed by atoms with Crippen LogP contribution in [0.3, 0.4) is 0 Å². The Labute approximate surface area is 175 Å². The number of nitrogens with one attached hydrogen (secondary N) is 2. The van der Waals surface area contributed by atoms with Gasteiger partial charge >= 0.3 is 0 Å². The first-order valence-corrected chi connectivity index (χ1v) is 10.0. The summed E-state index contributed by atoms with van der Waals surface area (Å²) < 4.78 is 5.60. The van der Waals surface area contributed by atoms with Crippen molar-refractivity contribution in [3.8, 4) is 5.75 Å². The van der Waals surface area contributed by atoms with Gasteiger partial charge in [0, 0.05) is 44.9 Å². The molecule has 0 bridgehead atoms. The number of anilines is 1. The third-order valence-corrected chi connectivity index (χ3v) is 4.84. The average molecular weight is 410 g/mol. The van der Waals surface area contributed by atoms with Gasteiger partial charge in [0.15, 0.2) is 0 Å². The van der Waals surface area contributed by atoms with E-state index in [2.05, 4.69) is 15.6 Å². The van der Waals surface area contributed by atoms with Crippen molar-refractivity contribution in [1.29, 1.82) is 0 Å². The Morgan fingerprint density at radius 1 is 1.17 bits per heavy atom. The first-order chi connectivity index (χ1) is 14.6. The number of nitrogens with zero attached hydrogens (tertiary/aromatic N) is 2. The highest BCUT2D eigenvalue weighted by atomic mass is 16.5. The van der Waals surface area contributed by atoms with Crippen molar-refractivity contribution in [2.75, 3.05) is 24.6 Å².